The molecule has 1 aliphatic rings. The lowest BCUT2D eigenvalue weighted by Crippen LogP contribution is -2.22. The van der Waals surface area contributed by atoms with Crippen molar-refractivity contribution >= 4 is 11.6 Å². The minimum Gasteiger partial charge on any atom is -0.324 e. The molecule has 5 heteroatoms. The summed E-state index contributed by atoms with van der Waals surface area (Å²) in [7, 11) is 0. The fraction of sp³-hybridized carbons (Fsp3) is 0.235. The minimum absolute atomic E-state index is 0.0558. The quantitative estimate of drug-likeness (QED) is 0.891. The van der Waals surface area contributed by atoms with Gasteiger partial charge in [-0.15, -0.1) is 0 Å². The molecule has 0 heterocycles. The lowest BCUT2D eigenvalue weighted by Gasteiger charge is -2.24. The van der Waals surface area contributed by atoms with Crippen molar-refractivity contribution in [3.8, 4) is 0 Å². The van der Waals surface area contributed by atoms with Gasteiger partial charge in [-0.05, 0) is 48.6 Å². The fourth-order valence-corrected chi connectivity index (χ4v) is 2.87. The topological polar surface area (TPSA) is 55.1 Å². The molecule has 3 nitrogen and oxygen atoms in total. The summed E-state index contributed by atoms with van der Waals surface area (Å²) >= 11 is 0. The highest BCUT2D eigenvalue weighted by molar-refractivity contribution is 6.05. The molecule has 1 unspecified atom stereocenters. The molecule has 0 fully saturated rings. The Kier molecular flexibility index (Phi) is 3.90. The molecule has 3 N–H and O–H groups in total. The van der Waals surface area contributed by atoms with Crippen LogP contribution in [0, 0.1) is 11.6 Å². The molecular formula is C17H16F2N2O. The van der Waals surface area contributed by atoms with Crippen LogP contribution in [0.1, 0.15) is 40.4 Å². The van der Waals surface area contributed by atoms with Crippen LogP contribution in [-0.4, -0.2) is 5.91 Å². The van der Waals surface area contributed by atoms with Gasteiger partial charge in [0, 0.05) is 23.4 Å². The van der Waals surface area contributed by atoms with E-state index >= 15 is 0 Å². The molecule has 1 atom stereocenters. The number of rotatable bonds is 2. The predicted molar refractivity (Wildman–Crippen MR) is 80.6 cm³/mol. The second-order valence-electron chi connectivity index (χ2n) is 5.46. The van der Waals surface area contributed by atoms with E-state index in [4.69, 9.17) is 5.73 Å². The molecule has 0 saturated carbocycles. The van der Waals surface area contributed by atoms with Crippen molar-refractivity contribution in [1.29, 1.82) is 0 Å². The normalized spacial score (nSPS) is 17.0. The molecule has 0 spiro atoms. The second kappa shape index (κ2) is 5.85. The van der Waals surface area contributed by atoms with E-state index in [9.17, 15) is 13.6 Å². The van der Waals surface area contributed by atoms with Gasteiger partial charge in [0.15, 0.2) is 11.6 Å². The summed E-state index contributed by atoms with van der Waals surface area (Å²) < 4.78 is 26.1. The summed E-state index contributed by atoms with van der Waals surface area (Å²) in [6, 6.07) is 8.69. The number of nitrogens with one attached hydrogen (secondary N) is 1. The lowest BCUT2D eigenvalue weighted by molar-refractivity contribution is 0.102. The van der Waals surface area contributed by atoms with Gasteiger partial charge in [-0.1, -0.05) is 12.1 Å². The Labute approximate surface area is 127 Å². The average Bonchev–Trinajstić information content (AvgIpc) is 2.51. The van der Waals surface area contributed by atoms with E-state index in [1.807, 2.05) is 6.07 Å². The van der Waals surface area contributed by atoms with Crippen LogP contribution in [-0.2, 0) is 6.42 Å². The van der Waals surface area contributed by atoms with Crippen molar-refractivity contribution in [3.63, 3.8) is 0 Å². The van der Waals surface area contributed by atoms with Crippen LogP contribution in [0.15, 0.2) is 36.4 Å². The molecule has 0 aliphatic heterocycles. The van der Waals surface area contributed by atoms with Crippen molar-refractivity contribution < 1.29 is 13.6 Å². The number of carbonyl (C=O) groups is 1. The molecular weight excluding hydrogens is 286 g/mol. The number of hydrogen-bond acceptors (Lipinski definition) is 2. The van der Waals surface area contributed by atoms with Crippen LogP contribution in [0.3, 0.4) is 0 Å². The first-order chi connectivity index (χ1) is 10.6. The maximum atomic E-state index is 13.2. The summed E-state index contributed by atoms with van der Waals surface area (Å²) in [5.41, 5.74) is 8.78. The number of fused-ring (bicyclic) bond motifs is 1. The molecule has 2 aromatic carbocycles. The van der Waals surface area contributed by atoms with E-state index in [2.05, 4.69) is 5.32 Å². The maximum absolute atomic E-state index is 13.2. The molecule has 0 saturated heterocycles. The number of nitrogens with two attached hydrogens (primary N) is 1. The SMILES string of the molecule is NC1CCCc2c(C(=O)Nc3ccc(F)c(F)c3)cccc21. The van der Waals surface area contributed by atoms with Crippen LogP contribution in [0.25, 0.3) is 0 Å². The summed E-state index contributed by atoms with van der Waals surface area (Å²) in [6.07, 6.45) is 2.63. The van der Waals surface area contributed by atoms with Gasteiger partial charge in [0.25, 0.3) is 5.91 Å². The summed E-state index contributed by atoms with van der Waals surface area (Å²) in [5.74, 6) is -2.27. The fourth-order valence-electron chi connectivity index (χ4n) is 2.87. The highest BCUT2D eigenvalue weighted by Crippen LogP contribution is 2.30. The van der Waals surface area contributed by atoms with Crippen molar-refractivity contribution in [2.75, 3.05) is 5.32 Å². The summed E-state index contributed by atoms with van der Waals surface area (Å²) in [6.45, 7) is 0. The third-order valence-corrected chi connectivity index (χ3v) is 3.98. The molecule has 0 radical (unpaired) electrons. The molecule has 1 amide bonds. The number of benzene rings is 2. The monoisotopic (exact) mass is 302 g/mol. The minimum atomic E-state index is -0.991. The predicted octanol–water partition coefficient (Wildman–Crippen LogP) is 3.55. The van der Waals surface area contributed by atoms with Gasteiger partial charge in [0.1, 0.15) is 0 Å². The van der Waals surface area contributed by atoms with Crippen LogP contribution in [0.4, 0.5) is 14.5 Å². The zero-order valence-electron chi connectivity index (χ0n) is 11.9. The first kappa shape index (κ1) is 14.7. The third-order valence-electron chi connectivity index (χ3n) is 3.98. The Morgan fingerprint density at radius 1 is 1.18 bits per heavy atom. The first-order valence-corrected chi connectivity index (χ1v) is 7.20. The first-order valence-electron chi connectivity index (χ1n) is 7.20. The molecule has 2 aromatic rings. The zero-order chi connectivity index (χ0) is 15.7. The zero-order valence-corrected chi connectivity index (χ0v) is 11.9. The van der Waals surface area contributed by atoms with Crippen molar-refractivity contribution in [2.45, 2.75) is 25.3 Å². The number of amides is 1. The van der Waals surface area contributed by atoms with E-state index < -0.39 is 11.6 Å². The Balaban J connectivity index is 1.89. The van der Waals surface area contributed by atoms with Gasteiger partial charge < -0.3 is 11.1 Å². The summed E-state index contributed by atoms with van der Waals surface area (Å²) in [5, 5.41) is 2.60. The second-order valence-corrected chi connectivity index (χ2v) is 5.46. The molecule has 3 rings (SSSR count). The van der Waals surface area contributed by atoms with Crippen molar-refractivity contribution in [3.05, 3.63) is 64.7 Å². The van der Waals surface area contributed by atoms with E-state index in [0.717, 1.165) is 42.5 Å². The molecule has 0 aromatic heterocycles. The van der Waals surface area contributed by atoms with E-state index in [0.29, 0.717) is 5.56 Å². The highest BCUT2D eigenvalue weighted by Gasteiger charge is 2.22. The number of halogens is 2. The van der Waals surface area contributed by atoms with Crippen LogP contribution in [0.2, 0.25) is 0 Å². The maximum Gasteiger partial charge on any atom is 0.255 e. The highest BCUT2D eigenvalue weighted by atomic mass is 19.2. The molecule has 1 aliphatic carbocycles. The largest absolute Gasteiger partial charge is 0.324 e. The average molecular weight is 302 g/mol. The molecule has 114 valence electrons. The smallest absolute Gasteiger partial charge is 0.255 e. The Morgan fingerprint density at radius 3 is 2.77 bits per heavy atom. The van der Waals surface area contributed by atoms with E-state index in [1.54, 1.807) is 12.1 Å². The van der Waals surface area contributed by atoms with Gasteiger partial charge in [0.2, 0.25) is 0 Å². The standard InChI is InChI=1S/C17H16F2N2O/c18-14-8-7-10(9-15(14)19)21-17(22)13-5-1-4-12-11(13)3-2-6-16(12)20/h1,4-5,7-9,16H,2-3,6,20H2,(H,21,22). The Morgan fingerprint density at radius 2 is 2.00 bits per heavy atom. The van der Waals surface area contributed by atoms with Gasteiger partial charge >= 0.3 is 0 Å². The van der Waals surface area contributed by atoms with Crippen LogP contribution < -0.4 is 11.1 Å². The van der Waals surface area contributed by atoms with Gasteiger partial charge in [0.05, 0.1) is 0 Å². The number of hydrogen-bond donors (Lipinski definition) is 2. The Hall–Kier alpha value is -2.27. The Bertz CT molecular complexity index is 731. The number of carbonyl (C=O) groups excluding carboxylic acids is 1. The van der Waals surface area contributed by atoms with Crippen molar-refractivity contribution in [2.24, 2.45) is 5.73 Å². The third kappa shape index (κ3) is 2.72. The molecule has 0 bridgehead atoms. The molecule has 22 heavy (non-hydrogen) atoms. The van der Waals surface area contributed by atoms with Gasteiger partial charge in [-0.3, -0.25) is 4.79 Å². The van der Waals surface area contributed by atoms with E-state index in [-0.39, 0.29) is 17.6 Å². The lowest BCUT2D eigenvalue weighted by atomic mass is 9.85. The van der Waals surface area contributed by atoms with Crippen LogP contribution >= 0.6 is 0 Å². The van der Waals surface area contributed by atoms with Crippen molar-refractivity contribution in [1.82, 2.24) is 0 Å². The number of anilines is 1. The van der Waals surface area contributed by atoms with E-state index in [1.165, 1.54) is 6.07 Å². The van der Waals surface area contributed by atoms with Gasteiger partial charge in [-0.25, -0.2) is 8.78 Å². The summed E-state index contributed by atoms with van der Waals surface area (Å²) in [4.78, 5) is 12.4. The van der Waals surface area contributed by atoms with Crippen LogP contribution in [0.5, 0.6) is 0 Å². The van der Waals surface area contributed by atoms with Gasteiger partial charge in [-0.2, -0.15) is 0 Å².